The third-order valence-corrected chi connectivity index (χ3v) is 4.63. The van der Waals surface area contributed by atoms with Crippen LogP contribution in [0.15, 0.2) is 24.3 Å². The lowest BCUT2D eigenvalue weighted by Crippen LogP contribution is -2.37. The Balaban J connectivity index is 1.99. The summed E-state index contributed by atoms with van der Waals surface area (Å²) in [5.74, 6) is 0. The molecule has 21 heavy (non-hydrogen) atoms. The summed E-state index contributed by atoms with van der Waals surface area (Å²) in [6, 6.07) is 9.67. The van der Waals surface area contributed by atoms with E-state index in [1.165, 1.54) is 56.3 Å². The summed E-state index contributed by atoms with van der Waals surface area (Å²) in [6.07, 6.45) is 8.11. The Morgan fingerprint density at radius 1 is 0.952 bits per heavy atom. The third kappa shape index (κ3) is 5.44. The molecular weight excluding hydrogens is 256 g/mol. The fourth-order valence-corrected chi connectivity index (χ4v) is 3.27. The maximum Gasteiger partial charge on any atom is 0.0449 e. The number of nitrogens with zero attached hydrogens (tertiary/aromatic N) is 1. The Morgan fingerprint density at radius 2 is 1.57 bits per heavy atom. The lowest BCUT2D eigenvalue weighted by atomic mass is 10.0. The lowest BCUT2D eigenvalue weighted by Gasteiger charge is -2.29. The molecule has 1 atom stereocenters. The van der Waals surface area contributed by atoms with Crippen LogP contribution in [0.2, 0.25) is 0 Å². The van der Waals surface area contributed by atoms with Crippen molar-refractivity contribution in [3.63, 3.8) is 0 Å². The normalized spacial score (nSPS) is 19.0. The van der Waals surface area contributed by atoms with Crippen LogP contribution in [0.3, 0.4) is 0 Å². The number of hydrogen-bond donors (Lipinski definition) is 1. The molecule has 1 heterocycles. The Hall–Kier alpha value is -0.860. The number of benzene rings is 1. The van der Waals surface area contributed by atoms with E-state index < -0.39 is 0 Å². The zero-order chi connectivity index (χ0) is 14.9. The monoisotopic (exact) mass is 288 g/mol. The summed E-state index contributed by atoms with van der Waals surface area (Å²) >= 11 is 0. The summed E-state index contributed by atoms with van der Waals surface area (Å²) in [5.41, 5.74) is 2.87. The van der Waals surface area contributed by atoms with E-state index in [-0.39, 0.29) is 0 Å². The van der Waals surface area contributed by atoms with E-state index in [0.29, 0.717) is 6.04 Å². The molecule has 1 N–H and O–H groups in total. The molecule has 0 aliphatic carbocycles. The van der Waals surface area contributed by atoms with Crippen molar-refractivity contribution in [3.8, 4) is 0 Å². The molecule has 1 saturated heterocycles. The van der Waals surface area contributed by atoms with Gasteiger partial charge in [-0.1, -0.05) is 57.4 Å². The quantitative estimate of drug-likeness (QED) is 0.845. The first-order chi connectivity index (χ1) is 10.3. The average molecular weight is 288 g/mol. The molecule has 0 amide bonds. The molecular formula is C19H32N2. The molecule has 1 aromatic rings. The Kier molecular flexibility index (Phi) is 7.25. The first-order valence-electron chi connectivity index (χ1n) is 8.88. The molecule has 1 aliphatic heterocycles. The molecule has 1 fully saturated rings. The summed E-state index contributed by atoms with van der Waals surface area (Å²) in [7, 11) is 0. The molecule has 0 spiro atoms. The molecule has 0 aromatic heterocycles. The number of likely N-dealkylation sites (N-methyl/N-ethyl adjacent to an activating group) is 1. The van der Waals surface area contributed by atoms with Crippen molar-refractivity contribution in [1.82, 2.24) is 10.2 Å². The van der Waals surface area contributed by atoms with E-state index in [1.807, 2.05) is 0 Å². The predicted octanol–water partition coefficient (Wildman–Crippen LogP) is 4.17. The predicted molar refractivity (Wildman–Crippen MR) is 91.8 cm³/mol. The van der Waals surface area contributed by atoms with Crippen molar-refractivity contribution in [1.29, 1.82) is 0 Å². The number of rotatable bonds is 6. The molecule has 1 aromatic carbocycles. The second kappa shape index (κ2) is 9.22. The Morgan fingerprint density at radius 3 is 2.14 bits per heavy atom. The fourth-order valence-electron chi connectivity index (χ4n) is 3.27. The average Bonchev–Trinajstić information content (AvgIpc) is 2.49. The summed E-state index contributed by atoms with van der Waals surface area (Å²) < 4.78 is 0. The highest BCUT2D eigenvalue weighted by atomic mass is 15.1. The van der Waals surface area contributed by atoms with Gasteiger partial charge in [0.2, 0.25) is 0 Å². The molecule has 2 rings (SSSR count). The van der Waals surface area contributed by atoms with Crippen molar-refractivity contribution >= 4 is 0 Å². The van der Waals surface area contributed by atoms with Crippen LogP contribution in [0.4, 0.5) is 0 Å². The largest absolute Gasteiger partial charge is 0.309 e. The van der Waals surface area contributed by atoms with E-state index in [9.17, 15) is 0 Å². The molecule has 1 unspecified atom stereocenters. The van der Waals surface area contributed by atoms with Gasteiger partial charge in [-0.25, -0.2) is 0 Å². The molecule has 0 bridgehead atoms. The van der Waals surface area contributed by atoms with Gasteiger partial charge in [-0.3, -0.25) is 0 Å². The topological polar surface area (TPSA) is 15.3 Å². The van der Waals surface area contributed by atoms with Gasteiger partial charge in [0.05, 0.1) is 0 Å². The Bertz CT molecular complexity index is 377. The standard InChI is InChI=1S/C19H32N2/c1-3-17-10-12-18(13-11-17)19(20-4-2)16-21-14-8-6-5-7-9-15-21/h10-13,19-20H,3-9,14-16H2,1-2H3. The maximum absolute atomic E-state index is 3.68. The molecule has 0 saturated carbocycles. The van der Waals surface area contributed by atoms with Crippen LogP contribution in [0.1, 0.15) is 63.1 Å². The minimum atomic E-state index is 0.473. The van der Waals surface area contributed by atoms with Crippen molar-refractivity contribution in [2.75, 3.05) is 26.2 Å². The minimum absolute atomic E-state index is 0.473. The maximum atomic E-state index is 3.68. The molecule has 1 aliphatic rings. The smallest absolute Gasteiger partial charge is 0.0449 e. The van der Waals surface area contributed by atoms with Crippen LogP contribution in [0.25, 0.3) is 0 Å². The van der Waals surface area contributed by atoms with Gasteiger partial charge < -0.3 is 10.2 Å². The number of likely N-dealkylation sites (tertiary alicyclic amines) is 1. The summed E-state index contributed by atoms with van der Waals surface area (Å²) in [4.78, 5) is 2.67. The van der Waals surface area contributed by atoms with Gasteiger partial charge in [-0.15, -0.1) is 0 Å². The van der Waals surface area contributed by atoms with Crippen LogP contribution < -0.4 is 5.32 Å². The highest BCUT2D eigenvalue weighted by molar-refractivity contribution is 5.25. The second-order valence-corrected chi connectivity index (χ2v) is 6.27. The van der Waals surface area contributed by atoms with Gasteiger partial charge in [0, 0.05) is 12.6 Å². The van der Waals surface area contributed by atoms with Gasteiger partial charge in [-0.05, 0) is 50.0 Å². The van der Waals surface area contributed by atoms with Gasteiger partial charge >= 0.3 is 0 Å². The number of aryl methyl sites for hydroxylation is 1. The van der Waals surface area contributed by atoms with Crippen LogP contribution >= 0.6 is 0 Å². The van der Waals surface area contributed by atoms with E-state index in [2.05, 4.69) is 48.3 Å². The van der Waals surface area contributed by atoms with Crippen molar-refractivity contribution in [2.24, 2.45) is 0 Å². The lowest BCUT2D eigenvalue weighted by molar-refractivity contribution is 0.222. The molecule has 2 nitrogen and oxygen atoms in total. The third-order valence-electron chi connectivity index (χ3n) is 4.63. The Labute approximate surface area is 130 Å². The van der Waals surface area contributed by atoms with Crippen LogP contribution in [0, 0.1) is 0 Å². The SMILES string of the molecule is CCNC(CN1CCCCCCC1)c1ccc(CC)cc1. The number of nitrogens with one attached hydrogen (secondary N) is 1. The van der Waals surface area contributed by atoms with Gasteiger partial charge in [0.1, 0.15) is 0 Å². The first-order valence-corrected chi connectivity index (χ1v) is 8.88. The van der Waals surface area contributed by atoms with Crippen molar-refractivity contribution in [2.45, 2.75) is 58.4 Å². The zero-order valence-corrected chi connectivity index (χ0v) is 13.9. The molecule has 2 heteroatoms. The second-order valence-electron chi connectivity index (χ2n) is 6.27. The zero-order valence-electron chi connectivity index (χ0n) is 13.9. The molecule has 118 valence electrons. The van der Waals surface area contributed by atoms with Gasteiger partial charge in [-0.2, -0.15) is 0 Å². The highest BCUT2D eigenvalue weighted by Crippen LogP contribution is 2.18. The van der Waals surface area contributed by atoms with Crippen molar-refractivity contribution < 1.29 is 0 Å². The van der Waals surface area contributed by atoms with E-state index in [0.717, 1.165) is 19.5 Å². The van der Waals surface area contributed by atoms with Gasteiger partial charge in [0.15, 0.2) is 0 Å². The highest BCUT2D eigenvalue weighted by Gasteiger charge is 2.16. The van der Waals surface area contributed by atoms with E-state index in [4.69, 9.17) is 0 Å². The molecule has 0 radical (unpaired) electrons. The first kappa shape index (κ1) is 16.5. The summed E-state index contributed by atoms with van der Waals surface area (Å²) in [5, 5.41) is 3.68. The summed E-state index contributed by atoms with van der Waals surface area (Å²) in [6.45, 7) is 9.16. The fraction of sp³-hybridized carbons (Fsp3) is 0.684. The van der Waals surface area contributed by atoms with E-state index in [1.54, 1.807) is 0 Å². The van der Waals surface area contributed by atoms with Crippen molar-refractivity contribution in [3.05, 3.63) is 35.4 Å². The van der Waals surface area contributed by atoms with Gasteiger partial charge in [0.25, 0.3) is 0 Å². The minimum Gasteiger partial charge on any atom is -0.309 e. The number of hydrogen-bond acceptors (Lipinski definition) is 2. The van der Waals surface area contributed by atoms with E-state index >= 15 is 0 Å². The van der Waals surface area contributed by atoms with Crippen LogP contribution in [0.5, 0.6) is 0 Å². The van der Waals surface area contributed by atoms with Crippen LogP contribution in [-0.4, -0.2) is 31.1 Å². The van der Waals surface area contributed by atoms with Crippen LogP contribution in [-0.2, 0) is 6.42 Å².